The zero-order chi connectivity index (χ0) is 8.43. The molecule has 0 aromatic heterocycles. The second-order valence-electron chi connectivity index (χ2n) is 2.25. The Morgan fingerprint density at radius 2 is 2.45 bits per heavy atom. The van der Waals surface area contributed by atoms with Crippen LogP contribution in [0.15, 0.2) is 12.2 Å². The molecule has 1 rings (SSSR count). The van der Waals surface area contributed by atoms with Crippen LogP contribution >= 0.6 is 0 Å². The normalized spacial score (nSPS) is 23.2. The average Bonchev–Trinajstić information content (AvgIpc) is 2.10. The Labute approximate surface area is 63.8 Å². The molecule has 1 aliphatic rings. The highest BCUT2D eigenvalue weighted by Gasteiger charge is 2.29. The lowest BCUT2D eigenvalue weighted by Crippen LogP contribution is -2.14. The van der Waals surface area contributed by atoms with Gasteiger partial charge in [0.1, 0.15) is 0 Å². The molecule has 11 heavy (non-hydrogen) atoms. The molecular formula is C7H8O4. The third kappa shape index (κ3) is 1.80. The molecule has 0 bridgehead atoms. The number of ether oxygens (including phenoxy) is 2. The van der Waals surface area contributed by atoms with Crippen LogP contribution in [0.25, 0.3) is 0 Å². The standard InChI is InChI=1S/C7H8O4/c1-4-3-6(10-5(2)8)11-7(4)9/h6H,1,3H2,2H3. The Morgan fingerprint density at radius 3 is 2.82 bits per heavy atom. The van der Waals surface area contributed by atoms with Crippen LogP contribution in [0.5, 0.6) is 0 Å². The molecule has 0 radical (unpaired) electrons. The number of esters is 2. The maximum atomic E-state index is 10.7. The summed E-state index contributed by atoms with van der Waals surface area (Å²) < 4.78 is 9.21. The molecule has 0 N–H and O–H groups in total. The van der Waals surface area contributed by atoms with Gasteiger partial charge in [0, 0.05) is 12.5 Å². The summed E-state index contributed by atoms with van der Waals surface area (Å²) in [7, 11) is 0. The lowest BCUT2D eigenvalue weighted by molar-refractivity contribution is -0.174. The van der Waals surface area contributed by atoms with Crippen molar-refractivity contribution in [2.24, 2.45) is 0 Å². The fourth-order valence-corrected chi connectivity index (χ4v) is 0.780. The lowest BCUT2D eigenvalue weighted by Gasteiger charge is -2.06. The molecule has 60 valence electrons. The molecule has 0 amide bonds. The molecule has 4 nitrogen and oxygen atoms in total. The summed E-state index contributed by atoms with van der Waals surface area (Å²) in [5, 5.41) is 0. The van der Waals surface area contributed by atoms with E-state index >= 15 is 0 Å². The summed E-state index contributed by atoms with van der Waals surface area (Å²) in [6, 6.07) is 0. The molecule has 0 aromatic rings. The van der Waals surface area contributed by atoms with E-state index in [0.29, 0.717) is 5.57 Å². The number of carbonyl (C=O) groups is 2. The van der Waals surface area contributed by atoms with Gasteiger partial charge < -0.3 is 9.47 Å². The minimum Gasteiger partial charge on any atom is -0.425 e. The average molecular weight is 156 g/mol. The van der Waals surface area contributed by atoms with Crippen molar-refractivity contribution < 1.29 is 19.1 Å². The highest BCUT2D eigenvalue weighted by atomic mass is 16.7. The van der Waals surface area contributed by atoms with E-state index in [2.05, 4.69) is 16.1 Å². The first-order valence-electron chi connectivity index (χ1n) is 3.15. The molecule has 1 atom stereocenters. The fourth-order valence-electron chi connectivity index (χ4n) is 0.780. The van der Waals surface area contributed by atoms with Gasteiger partial charge in [0.15, 0.2) is 0 Å². The van der Waals surface area contributed by atoms with Gasteiger partial charge in [-0.1, -0.05) is 6.58 Å². The van der Waals surface area contributed by atoms with Gasteiger partial charge in [0.2, 0.25) is 0 Å². The summed E-state index contributed by atoms with van der Waals surface area (Å²) in [6.45, 7) is 4.69. The van der Waals surface area contributed by atoms with Gasteiger partial charge in [-0.25, -0.2) is 4.79 Å². The van der Waals surface area contributed by atoms with E-state index in [1.807, 2.05) is 0 Å². The summed E-state index contributed by atoms with van der Waals surface area (Å²) in [6.07, 6.45) is -0.481. The lowest BCUT2D eigenvalue weighted by atomic mass is 10.2. The van der Waals surface area contributed by atoms with Crippen molar-refractivity contribution in [2.75, 3.05) is 0 Å². The fraction of sp³-hybridized carbons (Fsp3) is 0.429. The quantitative estimate of drug-likeness (QED) is 0.406. The van der Waals surface area contributed by atoms with Crippen molar-refractivity contribution in [3.05, 3.63) is 12.2 Å². The number of hydrogen-bond donors (Lipinski definition) is 0. The van der Waals surface area contributed by atoms with E-state index in [0.717, 1.165) is 0 Å². The van der Waals surface area contributed by atoms with E-state index in [1.165, 1.54) is 6.92 Å². The van der Waals surface area contributed by atoms with E-state index in [1.54, 1.807) is 0 Å². The number of rotatable bonds is 1. The topological polar surface area (TPSA) is 52.6 Å². The maximum absolute atomic E-state index is 10.7. The molecule has 1 unspecified atom stereocenters. The van der Waals surface area contributed by atoms with Crippen molar-refractivity contribution in [1.82, 2.24) is 0 Å². The van der Waals surface area contributed by atoms with E-state index in [-0.39, 0.29) is 6.42 Å². The number of hydrogen-bond acceptors (Lipinski definition) is 4. The van der Waals surface area contributed by atoms with Crippen molar-refractivity contribution in [1.29, 1.82) is 0 Å². The van der Waals surface area contributed by atoms with Gasteiger partial charge in [0.05, 0.1) is 6.42 Å². The van der Waals surface area contributed by atoms with Crippen molar-refractivity contribution in [3.63, 3.8) is 0 Å². The highest BCUT2D eigenvalue weighted by molar-refractivity contribution is 5.89. The van der Waals surface area contributed by atoms with Crippen LogP contribution < -0.4 is 0 Å². The molecule has 1 saturated heterocycles. The van der Waals surface area contributed by atoms with Crippen LogP contribution in [-0.2, 0) is 19.1 Å². The van der Waals surface area contributed by atoms with Crippen LogP contribution in [0.2, 0.25) is 0 Å². The van der Waals surface area contributed by atoms with Gasteiger partial charge in [-0.05, 0) is 0 Å². The van der Waals surface area contributed by atoms with Gasteiger partial charge >= 0.3 is 11.9 Å². The molecule has 0 saturated carbocycles. The largest absolute Gasteiger partial charge is 0.425 e. The zero-order valence-electron chi connectivity index (χ0n) is 6.12. The first kappa shape index (κ1) is 7.78. The number of cyclic esters (lactones) is 1. The summed E-state index contributed by atoms with van der Waals surface area (Å²) in [5.41, 5.74) is 0.344. The van der Waals surface area contributed by atoms with Crippen LogP contribution in [0.3, 0.4) is 0 Å². The van der Waals surface area contributed by atoms with Crippen LogP contribution in [-0.4, -0.2) is 18.2 Å². The summed E-state index contributed by atoms with van der Waals surface area (Å²) in [4.78, 5) is 21.0. The van der Waals surface area contributed by atoms with E-state index in [4.69, 9.17) is 0 Å². The Kier molecular flexibility index (Phi) is 1.94. The SMILES string of the molecule is C=C1CC(OC(C)=O)OC1=O. The van der Waals surface area contributed by atoms with E-state index in [9.17, 15) is 9.59 Å². The van der Waals surface area contributed by atoms with E-state index < -0.39 is 18.2 Å². The monoisotopic (exact) mass is 156 g/mol. The van der Waals surface area contributed by atoms with Crippen LogP contribution in [0.1, 0.15) is 13.3 Å². The Hall–Kier alpha value is -1.32. The zero-order valence-corrected chi connectivity index (χ0v) is 6.12. The van der Waals surface area contributed by atoms with Gasteiger partial charge in [-0.2, -0.15) is 0 Å². The molecule has 0 aromatic carbocycles. The van der Waals surface area contributed by atoms with Gasteiger partial charge in [-0.3, -0.25) is 4.79 Å². The first-order valence-corrected chi connectivity index (χ1v) is 3.15. The third-order valence-corrected chi connectivity index (χ3v) is 1.24. The second-order valence-corrected chi connectivity index (χ2v) is 2.25. The maximum Gasteiger partial charge on any atom is 0.336 e. The predicted octanol–water partition coefficient (Wildman–Crippen LogP) is 0.379. The predicted molar refractivity (Wildman–Crippen MR) is 35.4 cm³/mol. The summed E-state index contributed by atoms with van der Waals surface area (Å²) in [5.74, 6) is -0.950. The third-order valence-electron chi connectivity index (χ3n) is 1.24. The Balaban J connectivity index is 2.47. The molecule has 1 fully saturated rings. The molecule has 0 aliphatic carbocycles. The van der Waals surface area contributed by atoms with Crippen molar-refractivity contribution >= 4 is 11.9 Å². The Bertz CT molecular complexity index is 202. The van der Waals surface area contributed by atoms with Crippen molar-refractivity contribution in [3.8, 4) is 0 Å². The second kappa shape index (κ2) is 2.74. The molecule has 1 aliphatic heterocycles. The first-order chi connectivity index (χ1) is 5.09. The van der Waals surface area contributed by atoms with Crippen LogP contribution in [0, 0.1) is 0 Å². The molecule has 0 spiro atoms. The molecular weight excluding hydrogens is 148 g/mol. The summed E-state index contributed by atoms with van der Waals surface area (Å²) >= 11 is 0. The smallest absolute Gasteiger partial charge is 0.336 e. The van der Waals surface area contributed by atoms with Crippen LogP contribution in [0.4, 0.5) is 0 Å². The molecule has 1 heterocycles. The van der Waals surface area contributed by atoms with Gasteiger partial charge in [0.25, 0.3) is 6.29 Å². The van der Waals surface area contributed by atoms with Gasteiger partial charge in [-0.15, -0.1) is 0 Å². The molecule has 4 heteroatoms. The number of carbonyl (C=O) groups excluding carboxylic acids is 2. The minimum absolute atomic E-state index is 0.276. The minimum atomic E-state index is -0.757. The van der Waals surface area contributed by atoms with Crippen molar-refractivity contribution in [2.45, 2.75) is 19.6 Å². The highest BCUT2D eigenvalue weighted by Crippen LogP contribution is 2.19. The Morgan fingerprint density at radius 1 is 1.82 bits per heavy atom.